The van der Waals surface area contributed by atoms with E-state index in [-0.39, 0.29) is 0 Å². The number of unbranched alkanes of at least 4 members (excludes halogenated alkanes) is 23. The molecule has 0 rings (SSSR count). The smallest absolute Gasteiger partial charge is 0.00187 e. The maximum Gasteiger partial charge on any atom is -0.00187 e. The van der Waals surface area contributed by atoms with Crippen LogP contribution in [0.2, 0.25) is 0 Å². The zero-order chi connectivity index (χ0) is 24.1. The molecular formula is C32H67N. The van der Waals surface area contributed by atoms with Crippen LogP contribution in [-0.4, -0.2) is 24.5 Å². The van der Waals surface area contributed by atoms with Gasteiger partial charge in [-0.2, -0.15) is 0 Å². The van der Waals surface area contributed by atoms with Crippen LogP contribution in [0.25, 0.3) is 0 Å². The molecule has 200 valence electrons. The van der Waals surface area contributed by atoms with Crippen molar-refractivity contribution in [3.8, 4) is 0 Å². The van der Waals surface area contributed by atoms with Crippen LogP contribution in [0, 0.1) is 0 Å². The topological polar surface area (TPSA) is 3.24 Å². The van der Waals surface area contributed by atoms with Gasteiger partial charge in [0.05, 0.1) is 0 Å². The first-order valence-electron chi connectivity index (χ1n) is 16.1. The monoisotopic (exact) mass is 466 g/mol. The summed E-state index contributed by atoms with van der Waals surface area (Å²) in [6.07, 6.45) is 37.6. The average Bonchev–Trinajstić information content (AvgIpc) is 2.83. The van der Waals surface area contributed by atoms with Crippen molar-refractivity contribution in [3.63, 3.8) is 0 Å². The number of hydrogen-bond acceptors (Lipinski definition) is 1. The molecule has 33 heavy (non-hydrogen) atoms. The Hall–Kier alpha value is -0.0400. The third-order valence-electron chi connectivity index (χ3n) is 7.48. The second-order valence-electron chi connectivity index (χ2n) is 11.0. The summed E-state index contributed by atoms with van der Waals surface area (Å²) in [5, 5.41) is 0. The van der Waals surface area contributed by atoms with Crippen LogP contribution in [0.15, 0.2) is 0 Å². The van der Waals surface area contributed by atoms with Gasteiger partial charge in [0, 0.05) is 0 Å². The fourth-order valence-corrected chi connectivity index (χ4v) is 5.10. The lowest BCUT2D eigenvalue weighted by Gasteiger charge is -2.22. The molecule has 0 aliphatic rings. The minimum absolute atomic E-state index is 1.36. The first-order valence-corrected chi connectivity index (χ1v) is 16.1. The fraction of sp³-hybridized carbons (Fsp3) is 1.00. The van der Waals surface area contributed by atoms with E-state index in [0.717, 1.165) is 0 Å². The third-order valence-corrected chi connectivity index (χ3v) is 7.48. The first kappa shape index (κ1) is 33.0. The highest BCUT2D eigenvalue weighted by Crippen LogP contribution is 2.14. The van der Waals surface area contributed by atoms with Crippen LogP contribution in [0.1, 0.15) is 188 Å². The highest BCUT2D eigenvalue weighted by molar-refractivity contribution is 4.61. The molecule has 0 fully saturated rings. The molecule has 0 saturated heterocycles. The lowest BCUT2D eigenvalue weighted by Crippen LogP contribution is -2.27. The Balaban J connectivity index is 3.83. The van der Waals surface area contributed by atoms with E-state index in [1.807, 2.05) is 0 Å². The van der Waals surface area contributed by atoms with E-state index in [0.29, 0.717) is 0 Å². The minimum atomic E-state index is 1.36. The van der Waals surface area contributed by atoms with Gasteiger partial charge in [-0.25, -0.2) is 0 Å². The Labute approximate surface area is 212 Å². The number of hydrogen-bond donors (Lipinski definition) is 0. The predicted molar refractivity (Wildman–Crippen MR) is 154 cm³/mol. The molecule has 0 saturated carbocycles. The number of rotatable bonds is 29. The molecule has 0 aromatic carbocycles. The van der Waals surface area contributed by atoms with Gasteiger partial charge in [0.1, 0.15) is 0 Å². The van der Waals surface area contributed by atoms with Gasteiger partial charge < -0.3 is 4.90 Å². The van der Waals surface area contributed by atoms with E-state index in [1.165, 1.54) is 187 Å². The molecular weight excluding hydrogens is 398 g/mol. The van der Waals surface area contributed by atoms with Crippen molar-refractivity contribution in [1.29, 1.82) is 0 Å². The van der Waals surface area contributed by atoms with Gasteiger partial charge >= 0.3 is 0 Å². The van der Waals surface area contributed by atoms with Gasteiger partial charge in [-0.15, -0.1) is 0 Å². The summed E-state index contributed by atoms with van der Waals surface area (Å²) in [6, 6.07) is 0. The van der Waals surface area contributed by atoms with E-state index in [9.17, 15) is 0 Å². The quantitative estimate of drug-likeness (QED) is 0.0992. The Morgan fingerprint density at radius 1 is 0.242 bits per heavy atom. The maximum atomic E-state index is 2.83. The normalized spacial score (nSPS) is 11.6. The Bertz CT molecular complexity index is 306. The molecule has 0 atom stereocenters. The van der Waals surface area contributed by atoms with E-state index in [2.05, 4.69) is 25.7 Å². The molecule has 0 aromatic heterocycles. The predicted octanol–water partition coefficient (Wildman–Crippen LogP) is 11.5. The lowest BCUT2D eigenvalue weighted by atomic mass is 10.1. The van der Waals surface area contributed by atoms with Gasteiger partial charge in [0.15, 0.2) is 0 Å². The minimum Gasteiger partial charge on any atom is -0.303 e. The van der Waals surface area contributed by atoms with Crippen molar-refractivity contribution in [1.82, 2.24) is 4.90 Å². The van der Waals surface area contributed by atoms with Crippen LogP contribution in [-0.2, 0) is 0 Å². The molecule has 0 bridgehead atoms. The van der Waals surface area contributed by atoms with Crippen LogP contribution >= 0.6 is 0 Å². The molecule has 1 nitrogen and oxygen atoms in total. The fourth-order valence-electron chi connectivity index (χ4n) is 5.10. The van der Waals surface area contributed by atoms with E-state index in [4.69, 9.17) is 0 Å². The molecule has 0 amide bonds. The van der Waals surface area contributed by atoms with Crippen molar-refractivity contribution >= 4 is 0 Å². The van der Waals surface area contributed by atoms with E-state index in [1.54, 1.807) is 0 Å². The summed E-state index contributed by atoms with van der Waals surface area (Å²) < 4.78 is 0. The standard InChI is InChI=1S/C32H67N/c1-4-7-10-13-16-19-20-23-26-29-32-33(30-27-24-21-17-14-11-8-5-2)31-28-25-22-18-15-12-9-6-3/h4-32H2,1-3H3. The van der Waals surface area contributed by atoms with Crippen molar-refractivity contribution in [2.45, 2.75) is 188 Å². The summed E-state index contributed by atoms with van der Waals surface area (Å²) in [5.41, 5.74) is 0. The molecule has 0 heterocycles. The average molecular weight is 466 g/mol. The second kappa shape index (κ2) is 30.0. The van der Waals surface area contributed by atoms with E-state index >= 15 is 0 Å². The first-order chi connectivity index (χ1) is 16.3. The van der Waals surface area contributed by atoms with Crippen LogP contribution < -0.4 is 0 Å². The molecule has 0 aromatic rings. The molecule has 0 aliphatic heterocycles. The summed E-state index contributed by atoms with van der Waals surface area (Å²) in [4.78, 5) is 2.83. The van der Waals surface area contributed by atoms with Gasteiger partial charge in [-0.1, -0.05) is 168 Å². The number of nitrogens with zero attached hydrogens (tertiary/aromatic N) is 1. The maximum absolute atomic E-state index is 2.83. The van der Waals surface area contributed by atoms with Crippen molar-refractivity contribution in [2.24, 2.45) is 0 Å². The van der Waals surface area contributed by atoms with Gasteiger partial charge in [0.2, 0.25) is 0 Å². The lowest BCUT2D eigenvalue weighted by molar-refractivity contribution is 0.254. The van der Waals surface area contributed by atoms with Crippen LogP contribution in [0.4, 0.5) is 0 Å². The Morgan fingerprint density at radius 3 is 0.636 bits per heavy atom. The zero-order valence-electron chi connectivity index (χ0n) is 24.0. The van der Waals surface area contributed by atoms with Crippen LogP contribution in [0.5, 0.6) is 0 Å². The van der Waals surface area contributed by atoms with Crippen molar-refractivity contribution < 1.29 is 0 Å². The van der Waals surface area contributed by atoms with Crippen molar-refractivity contribution in [2.75, 3.05) is 19.6 Å². The summed E-state index contributed by atoms with van der Waals surface area (Å²) in [6.45, 7) is 11.0. The second-order valence-corrected chi connectivity index (χ2v) is 11.0. The van der Waals surface area contributed by atoms with E-state index < -0.39 is 0 Å². The summed E-state index contributed by atoms with van der Waals surface area (Å²) >= 11 is 0. The summed E-state index contributed by atoms with van der Waals surface area (Å²) in [7, 11) is 0. The van der Waals surface area contributed by atoms with Gasteiger partial charge in [-0.3, -0.25) is 0 Å². The van der Waals surface area contributed by atoms with Crippen LogP contribution in [0.3, 0.4) is 0 Å². The largest absolute Gasteiger partial charge is 0.303 e. The zero-order valence-corrected chi connectivity index (χ0v) is 24.0. The summed E-state index contributed by atoms with van der Waals surface area (Å²) in [5.74, 6) is 0. The van der Waals surface area contributed by atoms with Crippen molar-refractivity contribution in [3.05, 3.63) is 0 Å². The Kier molecular flexibility index (Phi) is 30.0. The molecule has 0 radical (unpaired) electrons. The third kappa shape index (κ3) is 28.1. The highest BCUT2D eigenvalue weighted by atomic mass is 15.1. The van der Waals surface area contributed by atoms with Gasteiger partial charge in [-0.05, 0) is 38.9 Å². The molecule has 0 spiro atoms. The highest BCUT2D eigenvalue weighted by Gasteiger charge is 2.05. The molecule has 0 aliphatic carbocycles. The molecule has 0 N–H and O–H groups in total. The molecule has 0 unspecified atom stereocenters. The van der Waals surface area contributed by atoms with Gasteiger partial charge in [0.25, 0.3) is 0 Å². The Morgan fingerprint density at radius 2 is 0.424 bits per heavy atom. The molecule has 1 heteroatoms. The SMILES string of the molecule is CCCCCCCCCCCCN(CCCCCCCCCC)CCCCCCCCCC.